The molecule has 0 radical (unpaired) electrons. The molecular formula is C36H53FN2O5. The molecule has 6 atom stereocenters. The van der Waals surface area contributed by atoms with E-state index in [0.29, 0.717) is 37.1 Å². The Morgan fingerprint density at radius 3 is 2.34 bits per heavy atom. The van der Waals surface area contributed by atoms with E-state index in [1.165, 1.54) is 12.1 Å². The summed E-state index contributed by atoms with van der Waals surface area (Å²) in [7, 11) is 3.29. The van der Waals surface area contributed by atoms with Gasteiger partial charge in [0, 0.05) is 32.0 Å². The van der Waals surface area contributed by atoms with E-state index in [9.17, 15) is 14.3 Å². The van der Waals surface area contributed by atoms with Crippen LogP contribution < -0.4 is 14.8 Å². The standard InChI is InChI=1S/C36H53FN2O5/c1-8-25(4)32(36(41)39-26(5)28-11-13-31(37)14-12-28)23-33(40)29(16-17-38)22-30(24(2)3)20-27-10-15-34(43-7)35(21-27)44-19-9-18-42-6/h10-16,21,24-26,29-30,32-33,38,40H,8-9,18-20,22-23H2,1-7H3,(H,39,41)/t25?,26-,29?,30+,32+,33+/m1/s1. The topological polar surface area (TPSA) is 101 Å². The summed E-state index contributed by atoms with van der Waals surface area (Å²) in [5, 5.41) is 22.3. The molecule has 2 unspecified atom stereocenters. The number of benzene rings is 2. The maximum atomic E-state index is 13.5. The van der Waals surface area contributed by atoms with Gasteiger partial charge in [-0.2, -0.15) is 0 Å². The highest BCUT2D eigenvalue weighted by molar-refractivity contribution is 5.79. The quantitative estimate of drug-likeness (QED) is 0.109. The van der Waals surface area contributed by atoms with Crippen LogP contribution in [-0.2, 0) is 16.0 Å². The number of carbonyl (C=O) groups excluding carboxylic acids is 1. The molecule has 2 aromatic rings. The van der Waals surface area contributed by atoms with E-state index in [0.717, 1.165) is 30.4 Å². The molecule has 2 rings (SSSR count). The van der Waals surface area contributed by atoms with E-state index < -0.39 is 12.0 Å². The minimum absolute atomic E-state index is 0.0391. The number of rotatable bonds is 20. The van der Waals surface area contributed by atoms with Crippen LogP contribution in [0.2, 0.25) is 0 Å². The number of halogens is 1. The Labute approximate surface area is 263 Å². The van der Waals surface area contributed by atoms with E-state index in [4.69, 9.17) is 19.6 Å². The smallest absolute Gasteiger partial charge is 0.223 e. The molecule has 0 heterocycles. The highest BCUT2D eigenvalue weighted by Gasteiger charge is 2.32. The van der Waals surface area contributed by atoms with Crippen LogP contribution in [-0.4, -0.2) is 50.4 Å². The molecule has 0 fully saturated rings. The zero-order chi connectivity index (χ0) is 32.6. The second kappa shape index (κ2) is 19.3. The Bertz CT molecular complexity index is 1180. The first-order valence-electron chi connectivity index (χ1n) is 15.8. The molecule has 3 N–H and O–H groups in total. The predicted molar refractivity (Wildman–Crippen MR) is 174 cm³/mol. The molecule has 8 heteroatoms. The van der Waals surface area contributed by atoms with Crippen molar-refractivity contribution >= 4 is 11.8 Å². The molecule has 0 spiro atoms. The zero-order valence-corrected chi connectivity index (χ0v) is 27.6. The van der Waals surface area contributed by atoms with Gasteiger partial charge in [-0.3, -0.25) is 10.2 Å². The second-order valence-electron chi connectivity index (χ2n) is 12.2. The summed E-state index contributed by atoms with van der Waals surface area (Å²) >= 11 is 0. The molecule has 44 heavy (non-hydrogen) atoms. The fraction of sp³-hybridized carbons (Fsp3) is 0.583. The summed E-state index contributed by atoms with van der Waals surface area (Å²) in [5.74, 6) is 3.10. The van der Waals surface area contributed by atoms with Crippen molar-refractivity contribution in [3.8, 4) is 11.5 Å². The Morgan fingerprint density at radius 2 is 1.75 bits per heavy atom. The molecule has 0 aliphatic rings. The number of carbonyl (C=O) groups is 1. The predicted octanol–water partition coefficient (Wildman–Crippen LogP) is 7.17. The molecule has 2 aromatic carbocycles. The lowest BCUT2D eigenvalue weighted by molar-refractivity contribution is -0.128. The third-order valence-electron chi connectivity index (χ3n) is 8.68. The highest BCUT2D eigenvalue weighted by atomic mass is 19.1. The van der Waals surface area contributed by atoms with Gasteiger partial charge in [0.25, 0.3) is 0 Å². The average Bonchev–Trinajstić information content (AvgIpc) is 3.01. The van der Waals surface area contributed by atoms with Gasteiger partial charge >= 0.3 is 0 Å². The number of nitrogens with one attached hydrogen (secondary N) is 2. The first kappa shape index (κ1) is 37.0. The summed E-state index contributed by atoms with van der Waals surface area (Å²) in [6.07, 6.45) is 4.03. The number of aliphatic hydroxyl groups excluding tert-OH is 1. The van der Waals surface area contributed by atoms with Crippen molar-refractivity contribution in [2.75, 3.05) is 27.4 Å². The van der Waals surface area contributed by atoms with Gasteiger partial charge in [0.15, 0.2) is 11.5 Å². The maximum Gasteiger partial charge on any atom is 0.223 e. The lowest BCUT2D eigenvalue weighted by Gasteiger charge is -2.31. The summed E-state index contributed by atoms with van der Waals surface area (Å²) in [6.45, 7) is 11.4. The van der Waals surface area contributed by atoms with Gasteiger partial charge in [-0.1, -0.05) is 52.3 Å². The zero-order valence-electron chi connectivity index (χ0n) is 27.6. The van der Waals surface area contributed by atoms with Gasteiger partial charge in [0.05, 0.1) is 25.9 Å². The fourth-order valence-electron chi connectivity index (χ4n) is 5.51. The van der Waals surface area contributed by atoms with E-state index >= 15 is 0 Å². The number of methoxy groups -OCH3 is 2. The summed E-state index contributed by atoms with van der Waals surface area (Å²) in [6, 6.07) is 11.8. The van der Waals surface area contributed by atoms with E-state index in [1.807, 2.05) is 39.0 Å². The van der Waals surface area contributed by atoms with E-state index in [1.54, 1.807) is 32.4 Å². The molecule has 7 nitrogen and oxygen atoms in total. The average molecular weight is 613 g/mol. The Hall–Kier alpha value is -3.19. The largest absolute Gasteiger partial charge is 0.493 e. The van der Waals surface area contributed by atoms with Crippen molar-refractivity contribution < 1.29 is 28.5 Å². The minimum atomic E-state index is -0.824. The van der Waals surface area contributed by atoms with Crippen LogP contribution in [0, 0.1) is 40.8 Å². The van der Waals surface area contributed by atoms with Gasteiger partial charge in [0.2, 0.25) is 5.91 Å². The van der Waals surface area contributed by atoms with E-state index in [-0.39, 0.29) is 41.9 Å². The normalized spacial score (nSPS) is 15.4. The molecule has 0 saturated heterocycles. The lowest BCUT2D eigenvalue weighted by atomic mass is 9.77. The molecule has 244 valence electrons. The monoisotopic (exact) mass is 612 g/mol. The molecule has 0 bridgehead atoms. The number of aliphatic hydroxyl groups is 1. The summed E-state index contributed by atoms with van der Waals surface area (Å²) in [5.41, 5.74) is 1.92. The third-order valence-corrected chi connectivity index (χ3v) is 8.68. The van der Waals surface area contributed by atoms with Crippen LogP contribution >= 0.6 is 0 Å². The molecular weight excluding hydrogens is 559 g/mol. The molecule has 0 aliphatic heterocycles. The van der Waals surface area contributed by atoms with Crippen molar-refractivity contribution in [2.24, 2.45) is 29.6 Å². The van der Waals surface area contributed by atoms with Crippen LogP contribution in [0.4, 0.5) is 4.39 Å². The van der Waals surface area contributed by atoms with Crippen molar-refractivity contribution in [3.63, 3.8) is 0 Å². The van der Waals surface area contributed by atoms with Crippen molar-refractivity contribution in [2.45, 2.75) is 78.9 Å². The third kappa shape index (κ3) is 11.7. The summed E-state index contributed by atoms with van der Waals surface area (Å²) < 4.78 is 30.0. The first-order chi connectivity index (χ1) is 21.0. The minimum Gasteiger partial charge on any atom is -0.493 e. The van der Waals surface area contributed by atoms with Gasteiger partial charge in [-0.05, 0) is 91.3 Å². The Kier molecular flexibility index (Phi) is 16.2. The molecule has 0 aliphatic carbocycles. The number of hydrogen-bond acceptors (Lipinski definition) is 6. The van der Waals surface area contributed by atoms with Crippen LogP contribution in [0.5, 0.6) is 11.5 Å². The van der Waals surface area contributed by atoms with Gasteiger partial charge in [0.1, 0.15) is 5.82 Å². The Morgan fingerprint density at radius 1 is 1.05 bits per heavy atom. The van der Waals surface area contributed by atoms with Crippen molar-refractivity contribution in [1.29, 1.82) is 5.41 Å². The Balaban J connectivity index is 2.18. The van der Waals surface area contributed by atoms with Gasteiger partial charge in [-0.25, -0.2) is 4.39 Å². The maximum absolute atomic E-state index is 13.5. The van der Waals surface area contributed by atoms with Crippen molar-refractivity contribution in [3.05, 3.63) is 65.5 Å². The summed E-state index contributed by atoms with van der Waals surface area (Å²) in [4.78, 5) is 13.5. The lowest BCUT2D eigenvalue weighted by Crippen LogP contribution is -2.39. The van der Waals surface area contributed by atoms with Crippen molar-refractivity contribution in [1.82, 2.24) is 5.32 Å². The number of hydrogen-bond donors (Lipinski definition) is 3. The molecule has 1 amide bonds. The SMILES string of the molecule is CCC(C)[C@H](C[C@H](O)C(C=C=N)C[C@H](Cc1ccc(OC)c(OCCCOC)c1)C(C)C)C(=O)N[C@H](C)c1ccc(F)cc1. The van der Waals surface area contributed by atoms with E-state index in [2.05, 4.69) is 25.0 Å². The number of ether oxygens (including phenoxy) is 3. The van der Waals surface area contributed by atoms with Gasteiger partial charge < -0.3 is 24.6 Å². The molecule has 0 saturated carbocycles. The van der Waals surface area contributed by atoms with Crippen LogP contribution in [0.25, 0.3) is 0 Å². The second-order valence-corrected chi connectivity index (χ2v) is 12.2. The van der Waals surface area contributed by atoms with Crippen LogP contribution in [0.1, 0.15) is 77.5 Å². The molecule has 0 aromatic heterocycles. The first-order valence-corrected chi connectivity index (χ1v) is 15.8. The number of amides is 1. The van der Waals surface area contributed by atoms with Crippen LogP contribution in [0.15, 0.2) is 48.5 Å². The van der Waals surface area contributed by atoms with Crippen LogP contribution in [0.3, 0.4) is 0 Å². The van der Waals surface area contributed by atoms with Gasteiger partial charge in [-0.15, -0.1) is 0 Å². The fourth-order valence-corrected chi connectivity index (χ4v) is 5.51. The highest BCUT2D eigenvalue weighted by Crippen LogP contribution is 2.34.